The maximum atomic E-state index is 11.8. The Bertz CT molecular complexity index is 876. The molecule has 1 aliphatic carbocycles. The third-order valence-corrected chi connectivity index (χ3v) is 4.30. The summed E-state index contributed by atoms with van der Waals surface area (Å²) in [6.45, 7) is 2.09. The van der Waals surface area contributed by atoms with E-state index in [0.717, 1.165) is 24.8 Å². The maximum absolute atomic E-state index is 11.8. The number of rotatable bonds is 6. The van der Waals surface area contributed by atoms with Crippen molar-refractivity contribution in [3.63, 3.8) is 0 Å². The summed E-state index contributed by atoms with van der Waals surface area (Å²) in [5, 5.41) is 8.07. The van der Waals surface area contributed by atoms with Crippen molar-refractivity contribution in [3.8, 4) is 0 Å². The molecule has 0 spiro atoms. The molecule has 0 radical (unpaired) electrons. The highest BCUT2D eigenvalue weighted by atomic mass is 16.5. The van der Waals surface area contributed by atoms with Gasteiger partial charge in [-0.2, -0.15) is 4.98 Å². The first-order valence-electron chi connectivity index (χ1n) is 8.35. The third-order valence-electron chi connectivity index (χ3n) is 4.30. The van der Waals surface area contributed by atoms with Gasteiger partial charge < -0.3 is 14.8 Å². The van der Waals surface area contributed by atoms with E-state index in [1.54, 1.807) is 0 Å². The number of hydrogen-bond acceptors (Lipinski definition) is 4. The highest BCUT2D eigenvalue weighted by Crippen LogP contribution is 2.21. The number of nitrogens with zero attached hydrogens (tertiary/aromatic N) is 2. The normalized spacial score (nSPS) is 14.2. The molecule has 1 amide bonds. The largest absolute Gasteiger partial charge is 0.361 e. The predicted molar refractivity (Wildman–Crippen MR) is 89.6 cm³/mol. The van der Waals surface area contributed by atoms with Gasteiger partial charge in [0.15, 0.2) is 5.82 Å². The molecule has 4 rings (SSSR count). The number of aromatic nitrogens is 3. The first-order valence-corrected chi connectivity index (χ1v) is 8.35. The molecule has 2 aromatic heterocycles. The Morgan fingerprint density at radius 3 is 3.08 bits per heavy atom. The molecule has 6 heteroatoms. The van der Waals surface area contributed by atoms with Crippen LogP contribution in [-0.4, -0.2) is 27.1 Å². The number of nitrogens with one attached hydrogen (secondary N) is 2. The van der Waals surface area contributed by atoms with Crippen LogP contribution in [0.1, 0.15) is 35.7 Å². The molecule has 0 aliphatic heterocycles. The molecule has 24 heavy (non-hydrogen) atoms. The summed E-state index contributed by atoms with van der Waals surface area (Å²) in [6.07, 6.45) is 5.86. The fourth-order valence-electron chi connectivity index (χ4n) is 2.85. The quantitative estimate of drug-likeness (QED) is 0.729. The summed E-state index contributed by atoms with van der Waals surface area (Å²) < 4.78 is 5.27. The van der Waals surface area contributed by atoms with E-state index in [4.69, 9.17) is 4.52 Å². The van der Waals surface area contributed by atoms with Gasteiger partial charge in [-0.05, 0) is 43.9 Å². The molecule has 3 aromatic rings. The van der Waals surface area contributed by atoms with E-state index in [1.165, 1.54) is 16.5 Å². The number of benzene rings is 1. The number of aromatic amines is 1. The highest BCUT2D eigenvalue weighted by molar-refractivity contribution is 5.83. The number of carbonyl (C=O) groups excluding carboxylic acids is 1. The van der Waals surface area contributed by atoms with Crippen molar-refractivity contribution in [1.29, 1.82) is 0 Å². The van der Waals surface area contributed by atoms with Gasteiger partial charge in [0.1, 0.15) is 0 Å². The first-order chi connectivity index (χ1) is 11.7. The van der Waals surface area contributed by atoms with Crippen LogP contribution in [0.15, 0.2) is 28.9 Å². The van der Waals surface area contributed by atoms with Crippen LogP contribution in [0.5, 0.6) is 0 Å². The zero-order valence-electron chi connectivity index (χ0n) is 13.6. The Morgan fingerprint density at radius 1 is 1.38 bits per heavy atom. The van der Waals surface area contributed by atoms with Crippen molar-refractivity contribution >= 4 is 16.8 Å². The Kier molecular flexibility index (Phi) is 3.80. The van der Waals surface area contributed by atoms with Gasteiger partial charge in [-0.1, -0.05) is 16.8 Å². The van der Waals surface area contributed by atoms with Crippen LogP contribution in [0.3, 0.4) is 0 Å². The lowest BCUT2D eigenvalue weighted by Gasteiger charge is -1.99. The first kappa shape index (κ1) is 14.9. The third kappa shape index (κ3) is 3.32. The van der Waals surface area contributed by atoms with Crippen molar-refractivity contribution in [2.75, 3.05) is 0 Å². The Balaban J connectivity index is 1.38. The van der Waals surface area contributed by atoms with Crippen molar-refractivity contribution in [2.24, 2.45) is 0 Å². The Hall–Kier alpha value is -2.63. The maximum Gasteiger partial charge on any atom is 0.228 e. The van der Waals surface area contributed by atoms with Crippen LogP contribution < -0.4 is 5.32 Å². The molecule has 0 saturated heterocycles. The summed E-state index contributed by atoms with van der Waals surface area (Å²) in [5.74, 6) is 1.00. The van der Waals surface area contributed by atoms with E-state index in [1.807, 2.05) is 6.20 Å². The van der Waals surface area contributed by atoms with Gasteiger partial charge in [0, 0.05) is 29.6 Å². The Labute approximate surface area is 139 Å². The minimum absolute atomic E-state index is 0.0306. The highest BCUT2D eigenvalue weighted by Gasteiger charge is 2.24. The Morgan fingerprint density at radius 2 is 2.25 bits per heavy atom. The van der Waals surface area contributed by atoms with Crippen LogP contribution in [-0.2, 0) is 24.1 Å². The average Bonchev–Trinajstić information content (AvgIpc) is 3.10. The van der Waals surface area contributed by atoms with Gasteiger partial charge in [0.2, 0.25) is 11.8 Å². The van der Waals surface area contributed by atoms with Gasteiger partial charge in [-0.3, -0.25) is 4.79 Å². The van der Waals surface area contributed by atoms with Crippen molar-refractivity contribution in [1.82, 2.24) is 20.4 Å². The van der Waals surface area contributed by atoms with E-state index < -0.39 is 0 Å². The summed E-state index contributed by atoms with van der Waals surface area (Å²) in [5.41, 5.74) is 3.61. The zero-order chi connectivity index (χ0) is 16.5. The molecule has 2 N–H and O–H groups in total. The zero-order valence-corrected chi connectivity index (χ0v) is 13.6. The minimum atomic E-state index is -0.0306. The topological polar surface area (TPSA) is 83.8 Å². The second-order valence-electron chi connectivity index (χ2n) is 6.49. The van der Waals surface area contributed by atoms with Crippen LogP contribution in [0.2, 0.25) is 0 Å². The molecule has 124 valence electrons. The number of amides is 1. The lowest BCUT2D eigenvalue weighted by Crippen LogP contribution is -2.27. The lowest BCUT2D eigenvalue weighted by atomic mass is 10.1. The number of H-pyrrole nitrogens is 1. The number of aryl methyl sites for hydroxylation is 3. The van der Waals surface area contributed by atoms with Gasteiger partial charge in [0.25, 0.3) is 0 Å². The van der Waals surface area contributed by atoms with E-state index in [2.05, 4.69) is 45.6 Å². The number of fused-ring (bicyclic) bond motifs is 1. The van der Waals surface area contributed by atoms with Crippen molar-refractivity contribution < 1.29 is 9.32 Å². The van der Waals surface area contributed by atoms with Crippen LogP contribution in [0.4, 0.5) is 0 Å². The number of carbonyl (C=O) groups is 1. The van der Waals surface area contributed by atoms with Crippen LogP contribution >= 0.6 is 0 Å². The molecule has 6 nitrogen and oxygen atoms in total. The van der Waals surface area contributed by atoms with Gasteiger partial charge >= 0.3 is 0 Å². The standard InChI is InChI=1S/C18H20N4O2/c1-11-2-6-15-14(8-11)12(10-19-15)3-7-18-21-16(22-24-18)9-17(23)20-13-4-5-13/h2,6,8,10,13,19H,3-5,7,9H2,1H3,(H,20,23). The summed E-state index contributed by atoms with van der Waals surface area (Å²) in [7, 11) is 0. The van der Waals surface area contributed by atoms with Crippen molar-refractivity contribution in [3.05, 3.63) is 47.2 Å². The predicted octanol–water partition coefficient (Wildman–Crippen LogP) is 2.47. The second-order valence-corrected chi connectivity index (χ2v) is 6.49. The van der Waals surface area contributed by atoms with Gasteiger partial charge in [-0.25, -0.2) is 0 Å². The van der Waals surface area contributed by atoms with E-state index in [0.29, 0.717) is 24.2 Å². The molecule has 0 atom stereocenters. The van der Waals surface area contributed by atoms with E-state index in [9.17, 15) is 4.79 Å². The monoisotopic (exact) mass is 324 g/mol. The molecule has 1 aromatic carbocycles. The van der Waals surface area contributed by atoms with Gasteiger partial charge in [-0.15, -0.1) is 0 Å². The molecule has 1 saturated carbocycles. The average molecular weight is 324 g/mol. The molecule has 1 aliphatic rings. The second kappa shape index (κ2) is 6.11. The molecule has 1 fully saturated rings. The summed E-state index contributed by atoms with van der Waals surface area (Å²) >= 11 is 0. The lowest BCUT2D eigenvalue weighted by molar-refractivity contribution is -0.120. The van der Waals surface area contributed by atoms with Crippen molar-refractivity contribution in [2.45, 2.75) is 45.1 Å². The molecule has 0 bridgehead atoms. The van der Waals surface area contributed by atoms with E-state index >= 15 is 0 Å². The smallest absolute Gasteiger partial charge is 0.228 e. The fraction of sp³-hybridized carbons (Fsp3) is 0.389. The fourth-order valence-corrected chi connectivity index (χ4v) is 2.85. The molecular weight excluding hydrogens is 304 g/mol. The van der Waals surface area contributed by atoms with E-state index in [-0.39, 0.29) is 12.3 Å². The molecule has 0 unspecified atom stereocenters. The van der Waals surface area contributed by atoms with Crippen LogP contribution in [0, 0.1) is 6.92 Å². The summed E-state index contributed by atoms with van der Waals surface area (Å²) in [4.78, 5) is 19.4. The summed E-state index contributed by atoms with van der Waals surface area (Å²) in [6, 6.07) is 6.73. The van der Waals surface area contributed by atoms with Crippen LogP contribution in [0.25, 0.3) is 10.9 Å². The van der Waals surface area contributed by atoms with Gasteiger partial charge in [0.05, 0.1) is 6.42 Å². The molecular formula is C18H20N4O2. The molecule has 2 heterocycles. The number of hydrogen-bond donors (Lipinski definition) is 2. The SMILES string of the molecule is Cc1ccc2[nH]cc(CCc3nc(CC(=O)NC4CC4)no3)c2c1. The minimum Gasteiger partial charge on any atom is -0.361 e.